The van der Waals surface area contributed by atoms with Gasteiger partial charge in [-0.3, -0.25) is 9.58 Å². The Bertz CT molecular complexity index is 808. The Kier molecular flexibility index (Phi) is 4.91. The van der Waals surface area contributed by atoms with Crippen molar-refractivity contribution >= 4 is 17.4 Å². The quantitative estimate of drug-likeness (QED) is 0.897. The van der Waals surface area contributed by atoms with Crippen molar-refractivity contribution in [3.63, 3.8) is 0 Å². The van der Waals surface area contributed by atoms with E-state index in [1.54, 1.807) is 17.4 Å². The molecule has 0 aromatic carbocycles. The minimum atomic E-state index is -0.0149. The van der Waals surface area contributed by atoms with Crippen LogP contribution in [0.1, 0.15) is 29.1 Å². The molecule has 4 heterocycles. The van der Waals surface area contributed by atoms with Gasteiger partial charge in [0, 0.05) is 30.6 Å². The summed E-state index contributed by atoms with van der Waals surface area (Å²) in [7, 11) is 0. The summed E-state index contributed by atoms with van der Waals surface area (Å²) >= 11 is 1.78. The lowest BCUT2D eigenvalue weighted by molar-refractivity contribution is 0.155. The van der Waals surface area contributed by atoms with Gasteiger partial charge >= 0.3 is 6.03 Å². The monoisotopic (exact) mass is 370 g/mol. The minimum absolute atomic E-state index is 0.0149. The molecule has 7 nitrogen and oxygen atoms in total. The van der Waals surface area contributed by atoms with Crippen molar-refractivity contribution in [2.24, 2.45) is 0 Å². The molecule has 2 aromatic heterocycles. The number of carbonyl (C=O) groups excluding carboxylic acids is 1. The normalized spacial score (nSPS) is 20.4. The summed E-state index contributed by atoms with van der Waals surface area (Å²) in [4.78, 5) is 18.3. The number of aromatic nitrogens is 2. The highest BCUT2D eigenvalue weighted by Gasteiger charge is 2.26. The maximum Gasteiger partial charge on any atom is 0.318 e. The number of thiophene rings is 1. The number of hydrogen-bond donors (Lipinski definition) is 1. The number of carbonyl (C=O) groups is 1. The number of rotatable bonds is 3. The first-order chi connectivity index (χ1) is 12.7. The van der Waals surface area contributed by atoms with E-state index < -0.39 is 0 Å². The van der Waals surface area contributed by atoms with E-state index in [1.165, 1.54) is 4.88 Å². The molecular weight excluding hydrogens is 348 g/mol. The third-order valence-corrected chi connectivity index (χ3v) is 5.85. The molecule has 2 aromatic rings. The van der Waals surface area contributed by atoms with E-state index in [0.29, 0.717) is 25.3 Å². The van der Waals surface area contributed by atoms with Gasteiger partial charge in [0.1, 0.15) is 6.07 Å². The molecule has 1 saturated heterocycles. The summed E-state index contributed by atoms with van der Waals surface area (Å²) in [5, 5.41) is 18.5. The van der Waals surface area contributed by atoms with Crippen LogP contribution in [-0.4, -0.2) is 51.3 Å². The summed E-state index contributed by atoms with van der Waals surface area (Å²) < 4.78 is 1.83. The molecule has 1 N–H and O–H groups in total. The fraction of sp³-hybridized carbons (Fsp3) is 0.500. The molecule has 0 unspecified atom stereocenters. The number of piperidine rings is 1. The first kappa shape index (κ1) is 17.1. The van der Waals surface area contributed by atoms with Crippen molar-refractivity contribution in [1.29, 1.82) is 5.26 Å². The molecule has 0 saturated carbocycles. The predicted octanol–water partition coefficient (Wildman–Crippen LogP) is 2.01. The fourth-order valence-electron chi connectivity index (χ4n) is 3.70. The summed E-state index contributed by atoms with van der Waals surface area (Å²) in [6.07, 6.45) is 2.13. The van der Waals surface area contributed by atoms with E-state index in [-0.39, 0.29) is 12.1 Å². The van der Waals surface area contributed by atoms with E-state index in [1.807, 2.05) is 9.58 Å². The van der Waals surface area contributed by atoms with E-state index >= 15 is 0 Å². The Balaban J connectivity index is 1.32. The van der Waals surface area contributed by atoms with Crippen LogP contribution in [0.2, 0.25) is 0 Å². The summed E-state index contributed by atoms with van der Waals surface area (Å²) in [5.41, 5.74) is 1.34. The zero-order valence-corrected chi connectivity index (χ0v) is 15.4. The smallest absolute Gasteiger partial charge is 0.318 e. The fourth-order valence-corrected chi connectivity index (χ4v) is 4.45. The number of urea groups is 1. The Morgan fingerprint density at radius 3 is 3.15 bits per heavy atom. The number of amides is 2. The third-order valence-electron chi connectivity index (χ3n) is 4.99. The molecule has 0 bridgehead atoms. The SMILES string of the molecule is N#Cc1cc2n(n1)CCN(C(=O)N[C@@H]1CCCN(Cc3cccs3)C1)C2. The molecule has 2 aliphatic rings. The maximum atomic E-state index is 12.7. The molecular formula is C18H22N6OS. The second kappa shape index (κ2) is 7.48. The third kappa shape index (κ3) is 3.74. The molecule has 8 heteroatoms. The van der Waals surface area contributed by atoms with E-state index in [9.17, 15) is 4.79 Å². The molecule has 0 aliphatic carbocycles. The molecule has 0 spiro atoms. The van der Waals surface area contributed by atoms with Gasteiger partial charge in [-0.1, -0.05) is 6.07 Å². The Labute approximate surface area is 156 Å². The van der Waals surface area contributed by atoms with Gasteiger partial charge in [0.05, 0.1) is 18.8 Å². The average Bonchev–Trinajstić information content (AvgIpc) is 3.30. The first-order valence-corrected chi connectivity index (χ1v) is 9.86. The van der Waals surface area contributed by atoms with Crippen molar-refractivity contribution in [2.45, 2.75) is 38.5 Å². The number of hydrogen-bond acceptors (Lipinski definition) is 5. The predicted molar refractivity (Wildman–Crippen MR) is 98.5 cm³/mol. The molecule has 0 radical (unpaired) electrons. The van der Waals surface area contributed by atoms with Gasteiger partial charge in [0.25, 0.3) is 0 Å². The van der Waals surface area contributed by atoms with E-state index in [0.717, 1.165) is 38.2 Å². The van der Waals surface area contributed by atoms with Gasteiger partial charge in [-0.25, -0.2) is 4.79 Å². The Morgan fingerprint density at radius 2 is 2.35 bits per heavy atom. The number of likely N-dealkylation sites (tertiary alicyclic amines) is 1. The summed E-state index contributed by atoms with van der Waals surface area (Å²) in [6.45, 7) is 4.71. The molecule has 1 atom stereocenters. The number of fused-ring (bicyclic) bond motifs is 1. The van der Waals surface area contributed by atoms with Crippen LogP contribution < -0.4 is 5.32 Å². The van der Waals surface area contributed by atoms with Crippen molar-refractivity contribution in [2.75, 3.05) is 19.6 Å². The highest BCUT2D eigenvalue weighted by molar-refractivity contribution is 7.09. The first-order valence-electron chi connectivity index (χ1n) is 8.98. The van der Waals surface area contributed by atoms with Crippen molar-refractivity contribution < 1.29 is 4.79 Å². The number of nitrogens with zero attached hydrogens (tertiary/aromatic N) is 5. The largest absolute Gasteiger partial charge is 0.334 e. The van der Waals surface area contributed by atoms with Crippen LogP contribution in [0.3, 0.4) is 0 Å². The van der Waals surface area contributed by atoms with Crippen LogP contribution in [0.4, 0.5) is 4.79 Å². The van der Waals surface area contributed by atoms with Crippen LogP contribution in [0.25, 0.3) is 0 Å². The molecule has 26 heavy (non-hydrogen) atoms. The Hall–Kier alpha value is -2.37. The van der Waals surface area contributed by atoms with Gasteiger partial charge in [-0.05, 0) is 36.9 Å². The highest BCUT2D eigenvalue weighted by Crippen LogP contribution is 2.18. The number of nitriles is 1. The topological polar surface area (TPSA) is 77.2 Å². The van der Waals surface area contributed by atoms with Crippen LogP contribution in [0, 0.1) is 11.3 Å². The second-order valence-corrected chi connectivity index (χ2v) is 7.91. The van der Waals surface area contributed by atoms with Crippen LogP contribution in [0.15, 0.2) is 23.6 Å². The lowest BCUT2D eigenvalue weighted by Gasteiger charge is -2.35. The summed E-state index contributed by atoms with van der Waals surface area (Å²) in [5.74, 6) is 0. The van der Waals surface area contributed by atoms with Crippen LogP contribution >= 0.6 is 11.3 Å². The summed E-state index contributed by atoms with van der Waals surface area (Å²) in [6, 6.07) is 8.26. The molecule has 2 aliphatic heterocycles. The van der Waals surface area contributed by atoms with Crippen LogP contribution in [-0.2, 0) is 19.6 Å². The second-order valence-electron chi connectivity index (χ2n) is 6.88. The molecule has 1 fully saturated rings. The zero-order chi connectivity index (χ0) is 17.9. The lowest BCUT2D eigenvalue weighted by Crippen LogP contribution is -2.52. The van der Waals surface area contributed by atoms with E-state index in [2.05, 4.69) is 38.9 Å². The zero-order valence-electron chi connectivity index (χ0n) is 14.6. The van der Waals surface area contributed by atoms with Crippen molar-refractivity contribution in [3.05, 3.63) is 39.8 Å². The van der Waals surface area contributed by atoms with Gasteiger partial charge in [0.15, 0.2) is 5.69 Å². The Morgan fingerprint density at radius 1 is 1.42 bits per heavy atom. The minimum Gasteiger partial charge on any atom is -0.334 e. The van der Waals surface area contributed by atoms with Crippen LogP contribution in [0.5, 0.6) is 0 Å². The maximum absolute atomic E-state index is 12.7. The molecule has 136 valence electrons. The average molecular weight is 370 g/mol. The van der Waals surface area contributed by atoms with Gasteiger partial charge in [-0.15, -0.1) is 11.3 Å². The molecule has 4 rings (SSSR count). The lowest BCUT2D eigenvalue weighted by atomic mass is 10.1. The van der Waals surface area contributed by atoms with E-state index in [4.69, 9.17) is 5.26 Å². The standard InChI is InChI=1S/C18H22N6OS/c19-10-15-9-16-12-23(6-7-24(16)21-15)18(25)20-14-3-1-5-22(11-14)13-17-4-2-8-26-17/h2,4,8-9,14H,1,3,5-7,11-13H2,(H,20,25)/t14-/m1/s1. The van der Waals surface area contributed by atoms with Crippen molar-refractivity contribution in [3.8, 4) is 6.07 Å². The van der Waals surface area contributed by atoms with Gasteiger partial charge in [0.2, 0.25) is 0 Å². The van der Waals surface area contributed by atoms with Gasteiger partial charge in [-0.2, -0.15) is 10.4 Å². The highest BCUT2D eigenvalue weighted by atomic mass is 32.1. The molecule has 2 amide bonds. The van der Waals surface area contributed by atoms with Crippen molar-refractivity contribution in [1.82, 2.24) is 24.9 Å². The van der Waals surface area contributed by atoms with Gasteiger partial charge < -0.3 is 10.2 Å². The number of nitrogens with one attached hydrogen (secondary N) is 1.